The smallest absolute Gasteiger partial charge is 0.348 e. The number of esters is 3. The maximum Gasteiger partial charge on any atom is 0.348 e. The Hall–Kier alpha value is -3.73. The molecule has 1 amide bonds. The number of aromatic nitrogens is 1. The number of nitrogens with zero attached hydrogens (tertiary/aromatic N) is 1. The van der Waals surface area contributed by atoms with Crippen molar-refractivity contribution in [2.45, 2.75) is 33.3 Å². The standard InChI is InChI=1S/C22H22N2O8S/c1-5-14(32-20(26)12-7-8-13-15(9-12)31-10-23-13)18(25)24-19-16(21(27)29-4)11(3)17(33-19)22(28)30-6-2/h7-10,14H,5-6H2,1-4H3,(H,24,25). The van der Waals surface area contributed by atoms with Gasteiger partial charge in [0, 0.05) is 0 Å². The Morgan fingerprint density at radius 1 is 1.15 bits per heavy atom. The van der Waals surface area contributed by atoms with E-state index in [-0.39, 0.29) is 34.0 Å². The summed E-state index contributed by atoms with van der Waals surface area (Å²) in [5, 5.41) is 2.68. The summed E-state index contributed by atoms with van der Waals surface area (Å²) in [6.45, 7) is 5.04. The van der Waals surface area contributed by atoms with E-state index in [1.54, 1.807) is 26.8 Å². The van der Waals surface area contributed by atoms with Crippen molar-refractivity contribution in [1.82, 2.24) is 4.98 Å². The number of oxazole rings is 1. The van der Waals surface area contributed by atoms with Crippen molar-refractivity contribution in [2.24, 2.45) is 0 Å². The van der Waals surface area contributed by atoms with Crippen LogP contribution in [0.1, 0.15) is 56.2 Å². The highest BCUT2D eigenvalue weighted by Crippen LogP contribution is 2.34. The molecule has 0 aliphatic heterocycles. The first-order chi connectivity index (χ1) is 15.8. The van der Waals surface area contributed by atoms with Crippen LogP contribution in [0.15, 0.2) is 29.0 Å². The van der Waals surface area contributed by atoms with Crippen molar-refractivity contribution < 1.29 is 37.8 Å². The molecule has 3 rings (SSSR count). The number of fused-ring (bicyclic) bond motifs is 1. The summed E-state index contributed by atoms with van der Waals surface area (Å²) in [6.07, 6.45) is 0.279. The van der Waals surface area contributed by atoms with Gasteiger partial charge in [-0.1, -0.05) is 6.92 Å². The van der Waals surface area contributed by atoms with Gasteiger partial charge in [0.25, 0.3) is 5.91 Å². The van der Waals surface area contributed by atoms with Gasteiger partial charge in [-0.05, 0) is 44.0 Å². The third-order valence-electron chi connectivity index (χ3n) is 4.71. The van der Waals surface area contributed by atoms with Crippen LogP contribution in [0.4, 0.5) is 5.00 Å². The van der Waals surface area contributed by atoms with Crippen molar-refractivity contribution in [2.75, 3.05) is 19.0 Å². The summed E-state index contributed by atoms with van der Waals surface area (Å²) >= 11 is 0.885. The minimum Gasteiger partial charge on any atom is -0.465 e. The number of rotatable bonds is 8. The Kier molecular flexibility index (Phi) is 7.44. The summed E-state index contributed by atoms with van der Waals surface area (Å²) in [4.78, 5) is 54.1. The van der Waals surface area contributed by atoms with Gasteiger partial charge in [0.15, 0.2) is 18.1 Å². The first-order valence-electron chi connectivity index (χ1n) is 10.0. The minimum atomic E-state index is -1.15. The number of amides is 1. The molecule has 2 heterocycles. The van der Waals surface area contributed by atoms with Crippen molar-refractivity contribution in [3.8, 4) is 0 Å². The van der Waals surface area contributed by atoms with Crippen LogP contribution in [0.3, 0.4) is 0 Å². The van der Waals surface area contributed by atoms with Crippen LogP contribution in [0.25, 0.3) is 11.1 Å². The van der Waals surface area contributed by atoms with Gasteiger partial charge in [-0.15, -0.1) is 11.3 Å². The molecule has 3 aromatic rings. The van der Waals surface area contributed by atoms with E-state index in [4.69, 9.17) is 18.6 Å². The number of anilines is 1. The molecule has 33 heavy (non-hydrogen) atoms. The van der Waals surface area contributed by atoms with Crippen LogP contribution in [-0.4, -0.2) is 48.6 Å². The molecule has 0 aliphatic rings. The molecule has 2 aromatic heterocycles. The Morgan fingerprint density at radius 3 is 2.58 bits per heavy atom. The highest BCUT2D eigenvalue weighted by Gasteiger charge is 2.29. The average Bonchev–Trinajstić information content (AvgIpc) is 3.40. The predicted molar refractivity (Wildman–Crippen MR) is 118 cm³/mol. The van der Waals surface area contributed by atoms with Crippen molar-refractivity contribution >= 4 is 51.3 Å². The molecule has 174 valence electrons. The lowest BCUT2D eigenvalue weighted by atomic mass is 10.1. The predicted octanol–water partition coefficient (Wildman–Crippen LogP) is 3.74. The number of carbonyl (C=O) groups excluding carboxylic acids is 4. The highest BCUT2D eigenvalue weighted by molar-refractivity contribution is 7.18. The van der Waals surface area contributed by atoms with Crippen LogP contribution >= 0.6 is 11.3 Å². The van der Waals surface area contributed by atoms with Crippen LogP contribution in [0, 0.1) is 6.92 Å². The average molecular weight is 474 g/mol. The maximum atomic E-state index is 12.9. The summed E-state index contributed by atoms with van der Waals surface area (Å²) in [6, 6.07) is 4.59. The molecule has 1 atom stereocenters. The van der Waals surface area contributed by atoms with Crippen molar-refractivity contribution in [1.29, 1.82) is 0 Å². The van der Waals surface area contributed by atoms with E-state index in [0.29, 0.717) is 16.7 Å². The third kappa shape index (κ3) is 5.03. The van der Waals surface area contributed by atoms with E-state index < -0.39 is 29.9 Å². The molecule has 1 unspecified atom stereocenters. The summed E-state index contributed by atoms with van der Waals surface area (Å²) in [5.41, 5.74) is 1.54. The zero-order chi connectivity index (χ0) is 24.1. The van der Waals surface area contributed by atoms with Crippen molar-refractivity contribution in [3.05, 3.63) is 46.2 Å². The Labute approximate surface area is 192 Å². The van der Waals surface area contributed by atoms with Gasteiger partial charge in [-0.25, -0.2) is 19.4 Å². The van der Waals surface area contributed by atoms with Crippen LogP contribution in [0.2, 0.25) is 0 Å². The van der Waals surface area contributed by atoms with E-state index in [1.165, 1.54) is 25.6 Å². The SMILES string of the molecule is CCOC(=O)c1sc(NC(=O)C(CC)OC(=O)c2ccc3ncoc3c2)c(C(=O)OC)c1C. The van der Waals surface area contributed by atoms with Crippen LogP contribution < -0.4 is 5.32 Å². The first kappa shape index (κ1) is 23.9. The molecular weight excluding hydrogens is 452 g/mol. The molecule has 11 heteroatoms. The molecule has 0 spiro atoms. The fourth-order valence-corrected chi connectivity index (χ4v) is 4.13. The Balaban J connectivity index is 1.81. The number of hydrogen-bond donors (Lipinski definition) is 1. The second-order valence-corrected chi connectivity index (χ2v) is 7.82. The Morgan fingerprint density at radius 2 is 1.91 bits per heavy atom. The zero-order valence-corrected chi connectivity index (χ0v) is 19.2. The molecule has 1 aromatic carbocycles. The van der Waals surface area contributed by atoms with Gasteiger partial charge in [0.05, 0.1) is 24.8 Å². The molecular formula is C22H22N2O8S. The second-order valence-electron chi connectivity index (χ2n) is 6.80. The molecule has 0 fully saturated rings. The number of benzene rings is 1. The van der Waals surface area contributed by atoms with E-state index in [1.807, 2.05) is 0 Å². The maximum absolute atomic E-state index is 12.9. The monoisotopic (exact) mass is 474 g/mol. The van der Waals surface area contributed by atoms with Gasteiger partial charge >= 0.3 is 17.9 Å². The summed E-state index contributed by atoms with van der Waals surface area (Å²) in [5.74, 6) is -2.72. The van der Waals surface area contributed by atoms with Gasteiger partial charge in [0.2, 0.25) is 0 Å². The van der Waals surface area contributed by atoms with Gasteiger partial charge in [-0.3, -0.25) is 4.79 Å². The van der Waals surface area contributed by atoms with E-state index >= 15 is 0 Å². The lowest BCUT2D eigenvalue weighted by molar-refractivity contribution is -0.124. The molecule has 0 radical (unpaired) electrons. The molecule has 10 nitrogen and oxygen atoms in total. The topological polar surface area (TPSA) is 134 Å². The summed E-state index contributed by atoms with van der Waals surface area (Å²) < 4.78 is 20.4. The van der Waals surface area contributed by atoms with Crippen LogP contribution in [-0.2, 0) is 19.0 Å². The fourth-order valence-electron chi connectivity index (χ4n) is 3.03. The molecule has 0 bridgehead atoms. The van der Waals surface area contributed by atoms with Crippen LogP contribution in [0.5, 0.6) is 0 Å². The fraction of sp³-hybridized carbons (Fsp3) is 0.318. The molecule has 1 N–H and O–H groups in total. The molecule has 0 saturated heterocycles. The summed E-state index contributed by atoms with van der Waals surface area (Å²) in [7, 11) is 1.19. The first-order valence-corrected chi connectivity index (χ1v) is 10.9. The van der Waals surface area contributed by atoms with Gasteiger partial charge in [0.1, 0.15) is 15.4 Å². The van der Waals surface area contributed by atoms with E-state index in [2.05, 4.69) is 10.3 Å². The molecule has 0 saturated carbocycles. The van der Waals surface area contributed by atoms with E-state index in [0.717, 1.165) is 11.3 Å². The normalized spacial score (nSPS) is 11.6. The van der Waals surface area contributed by atoms with Gasteiger partial charge in [-0.2, -0.15) is 0 Å². The second kappa shape index (κ2) is 10.3. The number of ether oxygens (including phenoxy) is 3. The number of hydrogen-bond acceptors (Lipinski definition) is 10. The third-order valence-corrected chi connectivity index (χ3v) is 5.90. The zero-order valence-electron chi connectivity index (χ0n) is 18.4. The largest absolute Gasteiger partial charge is 0.465 e. The number of nitrogens with one attached hydrogen (secondary N) is 1. The quantitative estimate of drug-likeness (QED) is 0.383. The number of thiophene rings is 1. The van der Waals surface area contributed by atoms with E-state index in [9.17, 15) is 19.2 Å². The Bertz CT molecular complexity index is 1210. The van der Waals surface area contributed by atoms with Gasteiger partial charge < -0.3 is 23.9 Å². The molecule has 0 aliphatic carbocycles. The highest BCUT2D eigenvalue weighted by atomic mass is 32.1. The number of methoxy groups -OCH3 is 1. The number of carbonyl (C=O) groups is 4. The lowest BCUT2D eigenvalue weighted by Crippen LogP contribution is -2.32. The van der Waals surface area contributed by atoms with Crippen molar-refractivity contribution in [3.63, 3.8) is 0 Å². The lowest BCUT2D eigenvalue weighted by Gasteiger charge is -2.16. The minimum absolute atomic E-state index is 0.0378.